The van der Waals surface area contributed by atoms with E-state index in [1.54, 1.807) is 6.07 Å². The highest BCUT2D eigenvalue weighted by molar-refractivity contribution is 6.24. The molecule has 1 aromatic rings. The minimum Gasteiger partial charge on any atom is -0.511 e. The maximum Gasteiger partial charge on any atom is 0.255 e. The van der Waals surface area contributed by atoms with Crippen molar-refractivity contribution in [2.45, 2.75) is 51.6 Å². The average molecular weight is 469 g/mol. The van der Waals surface area contributed by atoms with Gasteiger partial charge in [0.2, 0.25) is 5.78 Å². The van der Waals surface area contributed by atoms with Crippen LogP contribution >= 0.6 is 0 Å². The molecular weight excluding hydrogens is 442 g/mol. The number of carbonyl (C=O) groups is 4. The third kappa shape index (κ3) is 3.42. The van der Waals surface area contributed by atoms with Crippen LogP contribution in [-0.2, 0) is 27.2 Å². The fraction of sp³-hybridized carbons (Fsp3) is 0.440. The molecule has 0 bridgehead atoms. The van der Waals surface area contributed by atoms with Gasteiger partial charge in [0.25, 0.3) is 5.91 Å². The van der Waals surface area contributed by atoms with Gasteiger partial charge in [-0.2, -0.15) is 0 Å². The van der Waals surface area contributed by atoms with Crippen molar-refractivity contribution >= 4 is 23.3 Å². The maximum atomic E-state index is 13.5. The second kappa shape index (κ2) is 8.09. The van der Waals surface area contributed by atoms with Crippen LogP contribution in [-0.4, -0.2) is 49.3 Å². The summed E-state index contributed by atoms with van der Waals surface area (Å²) in [5.41, 5.74) is 2.60. The number of ketones is 3. The van der Waals surface area contributed by atoms with Gasteiger partial charge in [-0.15, -0.1) is 0 Å². The average Bonchev–Trinajstić information content (AvgIpc) is 2.71. The number of allylic oxidation sites excluding steroid dienone is 2. The zero-order valence-corrected chi connectivity index (χ0v) is 18.9. The fourth-order valence-electron chi connectivity index (χ4n) is 5.59. The van der Waals surface area contributed by atoms with E-state index in [-0.39, 0.29) is 54.3 Å². The Bertz CT molecular complexity index is 1210. The number of benzene rings is 1. The van der Waals surface area contributed by atoms with E-state index < -0.39 is 52.0 Å². The van der Waals surface area contributed by atoms with Crippen LogP contribution in [0.25, 0.3) is 0 Å². The SMILES string of the molecule is CC(C)CC(=O)Cc1ccc(O)c2c1C[C@H]1C[C@H]3CC(O)=C(C(N)=O)C(=O)[C@@]3(O)C(O)=C1C2=O. The number of rotatable bonds is 5. The molecule has 0 heterocycles. The van der Waals surface area contributed by atoms with E-state index in [1.165, 1.54) is 6.07 Å². The number of carbonyl (C=O) groups excluding carboxylic acids is 4. The van der Waals surface area contributed by atoms with Crippen LogP contribution in [0.5, 0.6) is 5.75 Å². The number of phenolic OH excluding ortho intramolecular Hbond substituents is 1. The number of hydrogen-bond donors (Lipinski definition) is 5. The van der Waals surface area contributed by atoms with Gasteiger partial charge >= 0.3 is 0 Å². The molecule has 1 amide bonds. The molecule has 0 saturated carbocycles. The van der Waals surface area contributed by atoms with Gasteiger partial charge < -0.3 is 26.2 Å². The summed E-state index contributed by atoms with van der Waals surface area (Å²) in [7, 11) is 0. The Hall–Kier alpha value is -3.46. The van der Waals surface area contributed by atoms with Gasteiger partial charge in [-0.3, -0.25) is 19.2 Å². The van der Waals surface area contributed by atoms with E-state index in [4.69, 9.17) is 5.73 Å². The summed E-state index contributed by atoms with van der Waals surface area (Å²) < 4.78 is 0. The largest absolute Gasteiger partial charge is 0.511 e. The van der Waals surface area contributed by atoms with E-state index in [0.717, 1.165) is 0 Å². The van der Waals surface area contributed by atoms with Gasteiger partial charge in [-0.25, -0.2) is 0 Å². The first-order valence-electron chi connectivity index (χ1n) is 11.2. The number of amides is 1. The first kappa shape index (κ1) is 23.7. The third-order valence-corrected chi connectivity index (χ3v) is 7.07. The Morgan fingerprint density at radius 2 is 1.82 bits per heavy atom. The Balaban J connectivity index is 1.82. The normalized spacial score (nSPS) is 26.4. The molecular formula is C25H27NO8. The molecule has 0 radical (unpaired) electrons. The van der Waals surface area contributed by atoms with Crippen molar-refractivity contribution in [2.75, 3.05) is 0 Å². The number of aromatic hydroxyl groups is 1. The molecule has 1 aromatic carbocycles. The summed E-state index contributed by atoms with van der Waals surface area (Å²) in [5.74, 6) is -6.50. The predicted molar refractivity (Wildman–Crippen MR) is 119 cm³/mol. The monoisotopic (exact) mass is 469 g/mol. The first-order chi connectivity index (χ1) is 15.9. The molecule has 6 N–H and O–H groups in total. The molecule has 9 heteroatoms. The predicted octanol–water partition coefficient (Wildman–Crippen LogP) is 1.74. The fourth-order valence-corrected chi connectivity index (χ4v) is 5.59. The van der Waals surface area contributed by atoms with Crippen molar-refractivity contribution < 1.29 is 39.6 Å². The molecule has 0 aromatic heterocycles. The van der Waals surface area contributed by atoms with Crippen LogP contribution in [0.2, 0.25) is 0 Å². The molecule has 34 heavy (non-hydrogen) atoms. The number of aliphatic hydroxyl groups is 3. The van der Waals surface area contributed by atoms with Crippen molar-refractivity contribution in [1.82, 2.24) is 0 Å². The van der Waals surface area contributed by atoms with E-state index in [1.807, 2.05) is 13.8 Å². The van der Waals surface area contributed by atoms with Crippen molar-refractivity contribution in [3.8, 4) is 5.75 Å². The lowest BCUT2D eigenvalue weighted by molar-refractivity contribution is -0.144. The molecule has 9 nitrogen and oxygen atoms in total. The zero-order valence-electron chi connectivity index (χ0n) is 18.9. The van der Waals surface area contributed by atoms with Gasteiger partial charge in [0.15, 0.2) is 11.4 Å². The summed E-state index contributed by atoms with van der Waals surface area (Å²) in [6, 6.07) is 2.91. The lowest BCUT2D eigenvalue weighted by Gasteiger charge is -2.45. The van der Waals surface area contributed by atoms with Gasteiger partial charge in [-0.1, -0.05) is 19.9 Å². The minimum absolute atomic E-state index is 0.00976. The van der Waals surface area contributed by atoms with Crippen LogP contribution in [0.15, 0.2) is 34.8 Å². The molecule has 0 unspecified atom stereocenters. The first-order valence-corrected chi connectivity index (χ1v) is 11.2. The van der Waals surface area contributed by atoms with E-state index in [0.29, 0.717) is 17.5 Å². The smallest absolute Gasteiger partial charge is 0.255 e. The molecule has 4 rings (SSSR count). The number of Topliss-reactive ketones (excluding diaryl/α,β-unsaturated/α-hetero) is 3. The standard InChI is InChI=1S/C25H27NO8/c1-10(2)5-14(27)7-11-3-4-16(28)19-15(11)8-12-6-13-9-17(29)20(24(26)33)23(32)25(13,34)22(31)18(12)21(19)30/h3-4,10,12-13,28-29,31,34H,5-9H2,1-2H3,(H2,26,33)/t12-,13+,25+/m1/s1. The van der Waals surface area contributed by atoms with Crippen LogP contribution in [0, 0.1) is 17.8 Å². The zero-order chi connectivity index (χ0) is 25.1. The van der Waals surface area contributed by atoms with Crippen LogP contribution in [0.3, 0.4) is 0 Å². The van der Waals surface area contributed by atoms with Gasteiger partial charge in [-0.05, 0) is 41.9 Å². The van der Waals surface area contributed by atoms with Crippen LogP contribution in [0.1, 0.15) is 54.6 Å². The van der Waals surface area contributed by atoms with E-state index >= 15 is 0 Å². The topological polar surface area (TPSA) is 175 Å². The molecule has 0 spiro atoms. The highest BCUT2D eigenvalue weighted by Crippen LogP contribution is 2.51. The quantitative estimate of drug-likeness (QED) is 0.405. The maximum absolute atomic E-state index is 13.5. The Labute approximate surface area is 195 Å². The summed E-state index contributed by atoms with van der Waals surface area (Å²) >= 11 is 0. The lowest BCUT2D eigenvalue weighted by atomic mass is 9.60. The Kier molecular flexibility index (Phi) is 5.64. The molecule has 3 aliphatic carbocycles. The van der Waals surface area contributed by atoms with Crippen LogP contribution < -0.4 is 5.73 Å². The molecule has 0 aliphatic heterocycles. The number of nitrogens with two attached hydrogens (primary N) is 1. The van der Waals surface area contributed by atoms with Crippen molar-refractivity contribution in [1.29, 1.82) is 0 Å². The van der Waals surface area contributed by atoms with E-state index in [9.17, 15) is 39.6 Å². The van der Waals surface area contributed by atoms with Gasteiger partial charge in [0.05, 0.1) is 5.56 Å². The van der Waals surface area contributed by atoms with Gasteiger partial charge in [0, 0.05) is 30.8 Å². The number of phenols is 1. The summed E-state index contributed by atoms with van der Waals surface area (Å²) in [4.78, 5) is 50.6. The lowest BCUT2D eigenvalue weighted by Crippen LogP contribution is -2.57. The molecule has 3 atom stereocenters. The number of aliphatic hydroxyl groups excluding tert-OH is 2. The van der Waals surface area contributed by atoms with Crippen LogP contribution in [0.4, 0.5) is 0 Å². The number of fused-ring (bicyclic) bond motifs is 3. The van der Waals surface area contributed by atoms with Crippen molar-refractivity contribution in [3.63, 3.8) is 0 Å². The minimum atomic E-state index is -2.59. The van der Waals surface area contributed by atoms with Crippen molar-refractivity contribution in [2.24, 2.45) is 23.5 Å². The highest BCUT2D eigenvalue weighted by Gasteiger charge is 2.59. The molecule has 0 saturated heterocycles. The van der Waals surface area contributed by atoms with Gasteiger partial charge in [0.1, 0.15) is 28.6 Å². The summed E-state index contributed by atoms with van der Waals surface area (Å²) in [5, 5.41) is 42.9. The van der Waals surface area contributed by atoms with Crippen molar-refractivity contribution in [3.05, 3.63) is 51.5 Å². The second-order valence-corrected chi connectivity index (χ2v) is 9.82. The molecule has 3 aliphatic rings. The summed E-state index contributed by atoms with van der Waals surface area (Å²) in [6.45, 7) is 3.85. The Morgan fingerprint density at radius 1 is 1.15 bits per heavy atom. The third-order valence-electron chi connectivity index (χ3n) is 7.07. The number of primary amides is 1. The summed E-state index contributed by atoms with van der Waals surface area (Å²) in [6.07, 6.45) is 0.410. The number of hydrogen-bond acceptors (Lipinski definition) is 8. The Morgan fingerprint density at radius 3 is 2.44 bits per heavy atom. The highest BCUT2D eigenvalue weighted by atomic mass is 16.3. The van der Waals surface area contributed by atoms with E-state index in [2.05, 4.69) is 0 Å². The molecule has 0 fully saturated rings. The molecule has 180 valence electrons. The second-order valence-electron chi connectivity index (χ2n) is 9.82.